The molecule has 144 valence electrons. The van der Waals surface area contributed by atoms with Crippen molar-refractivity contribution in [2.24, 2.45) is 0 Å². The molecular formula is C24H18BrFN2O. The molecule has 3 nitrogen and oxygen atoms in total. The predicted molar refractivity (Wildman–Crippen MR) is 117 cm³/mol. The van der Waals surface area contributed by atoms with Crippen molar-refractivity contribution >= 4 is 38.4 Å². The maximum absolute atomic E-state index is 13.7. The van der Waals surface area contributed by atoms with Crippen LogP contribution in [0, 0.1) is 5.82 Å². The smallest absolute Gasteiger partial charge is 0.225 e. The molecular weight excluding hydrogens is 431 g/mol. The summed E-state index contributed by atoms with van der Waals surface area (Å²) >= 11 is 3.65. The topological polar surface area (TPSA) is 34.0 Å². The quantitative estimate of drug-likeness (QED) is 0.405. The Balaban J connectivity index is 1.71. The van der Waals surface area contributed by atoms with Crippen molar-refractivity contribution in [1.82, 2.24) is 4.57 Å². The van der Waals surface area contributed by atoms with Gasteiger partial charge in [-0.05, 0) is 47.0 Å². The van der Waals surface area contributed by atoms with Crippen LogP contribution in [-0.2, 0) is 11.3 Å². The van der Waals surface area contributed by atoms with Crippen LogP contribution in [0.4, 0.5) is 10.1 Å². The van der Waals surface area contributed by atoms with E-state index in [4.69, 9.17) is 0 Å². The van der Waals surface area contributed by atoms with Gasteiger partial charge >= 0.3 is 0 Å². The van der Waals surface area contributed by atoms with Gasteiger partial charge in [0.25, 0.3) is 0 Å². The Kier molecular flexibility index (Phi) is 4.47. The van der Waals surface area contributed by atoms with E-state index in [2.05, 4.69) is 44.1 Å². The van der Waals surface area contributed by atoms with Gasteiger partial charge in [-0.2, -0.15) is 0 Å². The minimum atomic E-state index is -0.237. The van der Waals surface area contributed by atoms with Gasteiger partial charge in [0.15, 0.2) is 0 Å². The lowest BCUT2D eigenvalue weighted by atomic mass is 9.89. The summed E-state index contributed by atoms with van der Waals surface area (Å²) in [5.41, 5.74) is 4.95. The Labute approximate surface area is 176 Å². The van der Waals surface area contributed by atoms with Crippen molar-refractivity contribution in [1.29, 1.82) is 0 Å². The molecule has 0 radical (unpaired) electrons. The number of nitrogens with one attached hydrogen (secondary N) is 1. The highest BCUT2D eigenvalue weighted by Gasteiger charge is 2.28. The Morgan fingerprint density at radius 2 is 1.86 bits per heavy atom. The first-order valence-corrected chi connectivity index (χ1v) is 10.3. The van der Waals surface area contributed by atoms with E-state index in [1.54, 1.807) is 12.1 Å². The van der Waals surface area contributed by atoms with Crippen molar-refractivity contribution in [2.75, 3.05) is 5.32 Å². The van der Waals surface area contributed by atoms with E-state index in [1.165, 1.54) is 6.07 Å². The van der Waals surface area contributed by atoms with Gasteiger partial charge in [-0.1, -0.05) is 52.3 Å². The summed E-state index contributed by atoms with van der Waals surface area (Å²) in [4.78, 5) is 12.6. The lowest BCUT2D eigenvalue weighted by Crippen LogP contribution is -2.14. The van der Waals surface area contributed by atoms with Gasteiger partial charge in [0.2, 0.25) is 5.91 Å². The molecule has 1 atom stereocenters. The van der Waals surface area contributed by atoms with Gasteiger partial charge in [-0.3, -0.25) is 4.79 Å². The van der Waals surface area contributed by atoms with Crippen LogP contribution in [0.1, 0.15) is 29.0 Å². The SMILES string of the molecule is O=C1C[C@H](c2ccccc2Br)c2cn(Cc3cccc(F)c3)c3cccc(c23)N1. The third-order valence-electron chi connectivity index (χ3n) is 5.50. The molecule has 1 N–H and O–H groups in total. The van der Waals surface area contributed by atoms with Crippen LogP contribution in [-0.4, -0.2) is 10.5 Å². The van der Waals surface area contributed by atoms with Gasteiger partial charge in [-0.15, -0.1) is 0 Å². The number of carbonyl (C=O) groups excluding carboxylic acids is 1. The lowest BCUT2D eigenvalue weighted by molar-refractivity contribution is -0.116. The second-order valence-corrected chi connectivity index (χ2v) is 8.22. The van der Waals surface area contributed by atoms with E-state index in [-0.39, 0.29) is 17.6 Å². The molecule has 0 unspecified atom stereocenters. The molecule has 1 amide bonds. The Morgan fingerprint density at radius 1 is 1.03 bits per heavy atom. The van der Waals surface area contributed by atoms with Crippen molar-refractivity contribution in [3.63, 3.8) is 0 Å². The molecule has 0 bridgehead atoms. The lowest BCUT2D eigenvalue weighted by Gasteiger charge is -2.16. The Bertz CT molecular complexity index is 1250. The number of rotatable bonds is 3. The number of halogens is 2. The summed E-state index contributed by atoms with van der Waals surface area (Å²) in [5, 5.41) is 4.12. The van der Waals surface area contributed by atoms with Crippen LogP contribution >= 0.6 is 15.9 Å². The molecule has 1 aliphatic heterocycles. The monoisotopic (exact) mass is 448 g/mol. The third-order valence-corrected chi connectivity index (χ3v) is 6.22. The molecule has 5 rings (SSSR count). The number of amides is 1. The van der Waals surface area contributed by atoms with Gasteiger partial charge in [-0.25, -0.2) is 4.39 Å². The number of nitrogens with zero attached hydrogens (tertiary/aromatic N) is 1. The van der Waals surface area contributed by atoms with Crippen LogP contribution in [0.5, 0.6) is 0 Å². The average molecular weight is 449 g/mol. The summed E-state index contributed by atoms with van der Waals surface area (Å²) in [6, 6.07) is 20.7. The number of aromatic nitrogens is 1. The fraction of sp³-hybridized carbons (Fsp3) is 0.125. The van der Waals surface area contributed by atoms with Crippen LogP contribution in [0.2, 0.25) is 0 Å². The van der Waals surface area contributed by atoms with Gasteiger partial charge in [0, 0.05) is 34.9 Å². The van der Waals surface area contributed by atoms with E-state index >= 15 is 0 Å². The highest BCUT2D eigenvalue weighted by molar-refractivity contribution is 9.10. The second kappa shape index (κ2) is 7.16. The number of benzene rings is 3. The van der Waals surface area contributed by atoms with Gasteiger partial charge in [0.1, 0.15) is 5.82 Å². The largest absolute Gasteiger partial charge is 0.343 e. The van der Waals surface area contributed by atoms with Crippen molar-refractivity contribution < 1.29 is 9.18 Å². The number of hydrogen-bond acceptors (Lipinski definition) is 1. The molecule has 5 heteroatoms. The van der Waals surface area contributed by atoms with Crippen LogP contribution in [0.15, 0.2) is 77.4 Å². The molecule has 0 saturated carbocycles. The molecule has 0 aliphatic carbocycles. The van der Waals surface area contributed by atoms with Crippen LogP contribution in [0.25, 0.3) is 10.9 Å². The van der Waals surface area contributed by atoms with E-state index < -0.39 is 0 Å². The van der Waals surface area contributed by atoms with E-state index in [1.807, 2.05) is 36.4 Å². The summed E-state index contributed by atoms with van der Waals surface area (Å²) < 4.78 is 16.8. The van der Waals surface area contributed by atoms with Crippen molar-refractivity contribution in [3.8, 4) is 0 Å². The molecule has 1 aromatic heterocycles. The fourth-order valence-corrected chi connectivity index (χ4v) is 4.81. The molecule has 0 spiro atoms. The predicted octanol–water partition coefficient (Wildman–Crippen LogP) is 6.07. The molecule has 29 heavy (non-hydrogen) atoms. The fourth-order valence-electron chi connectivity index (χ4n) is 4.25. The zero-order chi connectivity index (χ0) is 20.0. The summed E-state index contributed by atoms with van der Waals surface area (Å²) in [6.07, 6.45) is 2.49. The normalized spacial score (nSPS) is 15.9. The number of carbonyl (C=O) groups is 1. The molecule has 4 aromatic rings. The van der Waals surface area contributed by atoms with E-state index in [0.717, 1.165) is 37.8 Å². The molecule has 0 fully saturated rings. The first-order valence-electron chi connectivity index (χ1n) is 9.50. The Hall–Kier alpha value is -2.92. The van der Waals surface area contributed by atoms with Crippen molar-refractivity contribution in [3.05, 3.63) is 99.9 Å². The van der Waals surface area contributed by atoms with Crippen molar-refractivity contribution in [2.45, 2.75) is 18.9 Å². The standard InChI is InChI=1S/C24H18BrFN2O/c25-20-8-2-1-7-17(20)18-12-23(29)27-21-9-4-10-22-24(21)19(18)14-28(22)13-15-5-3-6-16(26)11-15/h1-11,14,18H,12-13H2,(H,27,29)/t18-/m1/s1. The Morgan fingerprint density at radius 3 is 2.69 bits per heavy atom. The minimum absolute atomic E-state index is 0.00568. The van der Waals surface area contributed by atoms with E-state index in [0.29, 0.717) is 13.0 Å². The van der Waals surface area contributed by atoms with Crippen LogP contribution < -0.4 is 5.32 Å². The van der Waals surface area contributed by atoms with Crippen LogP contribution in [0.3, 0.4) is 0 Å². The number of hydrogen-bond donors (Lipinski definition) is 1. The number of anilines is 1. The van der Waals surface area contributed by atoms with Gasteiger partial charge < -0.3 is 9.88 Å². The maximum Gasteiger partial charge on any atom is 0.225 e. The third kappa shape index (κ3) is 3.25. The average Bonchev–Trinajstić information content (AvgIpc) is 2.99. The van der Waals surface area contributed by atoms with Gasteiger partial charge in [0.05, 0.1) is 11.2 Å². The summed E-state index contributed by atoms with van der Waals surface area (Å²) in [5.74, 6) is -0.295. The zero-order valence-electron chi connectivity index (χ0n) is 15.5. The second-order valence-electron chi connectivity index (χ2n) is 7.37. The molecule has 0 saturated heterocycles. The first kappa shape index (κ1) is 18.1. The molecule has 2 heterocycles. The first-order chi connectivity index (χ1) is 14.1. The highest BCUT2D eigenvalue weighted by atomic mass is 79.9. The molecule has 3 aromatic carbocycles. The molecule has 1 aliphatic rings. The highest BCUT2D eigenvalue weighted by Crippen LogP contribution is 2.42. The zero-order valence-corrected chi connectivity index (χ0v) is 17.1. The minimum Gasteiger partial charge on any atom is -0.343 e. The van der Waals surface area contributed by atoms with E-state index in [9.17, 15) is 9.18 Å². The summed E-state index contributed by atoms with van der Waals surface area (Å²) in [6.45, 7) is 0.564. The maximum atomic E-state index is 13.7. The summed E-state index contributed by atoms with van der Waals surface area (Å²) in [7, 11) is 0.